The van der Waals surface area contributed by atoms with Crippen molar-refractivity contribution < 1.29 is 13.2 Å². The fourth-order valence-corrected chi connectivity index (χ4v) is 4.22. The SMILES string of the molecule is Cc1ccc(CC(CNC(=O)C(C)(C)C)CN(C(N)=S)c2ccc(NS(C)(=O)=O)cc2)cc1C. The van der Waals surface area contributed by atoms with Gasteiger partial charge in [0, 0.05) is 29.9 Å². The Kier molecular flexibility index (Phi) is 9.08. The molecule has 0 heterocycles. The number of aryl methyl sites for hydroxylation is 2. The highest BCUT2D eigenvalue weighted by Crippen LogP contribution is 2.22. The molecule has 9 heteroatoms. The zero-order chi connectivity index (χ0) is 25.7. The van der Waals surface area contributed by atoms with Crippen LogP contribution in [-0.4, -0.2) is 38.8 Å². The summed E-state index contributed by atoms with van der Waals surface area (Å²) in [4.78, 5) is 14.3. The topological polar surface area (TPSA) is 105 Å². The summed E-state index contributed by atoms with van der Waals surface area (Å²) in [6.07, 6.45) is 1.84. The van der Waals surface area contributed by atoms with E-state index in [4.69, 9.17) is 18.0 Å². The maximum atomic E-state index is 12.5. The second-order valence-corrected chi connectivity index (χ2v) is 12.0. The van der Waals surface area contributed by atoms with Crippen molar-refractivity contribution >= 4 is 44.6 Å². The lowest BCUT2D eigenvalue weighted by Crippen LogP contribution is -2.44. The third-order valence-electron chi connectivity index (χ3n) is 5.52. The van der Waals surface area contributed by atoms with E-state index in [1.165, 1.54) is 16.7 Å². The van der Waals surface area contributed by atoms with Crippen LogP contribution in [0.4, 0.5) is 11.4 Å². The first-order valence-electron chi connectivity index (χ1n) is 11.1. The molecular weight excluding hydrogens is 468 g/mol. The van der Waals surface area contributed by atoms with Gasteiger partial charge in [-0.1, -0.05) is 39.0 Å². The fourth-order valence-electron chi connectivity index (χ4n) is 3.47. The van der Waals surface area contributed by atoms with Gasteiger partial charge in [0.15, 0.2) is 5.11 Å². The van der Waals surface area contributed by atoms with E-state index in [0.29, 0.717) is 18.8 Å². The lowest BCUT2D eigenvalue weighted by molar-refractivity contribution is -0.128. The van der Waals surface area contributed by atoms with Crippen molar-refractivity contribution in [2.45, 2.75) is 41.0 Å². The molecule has 2 aromatic rings. The Labute approximate surface area is 209 Å². The van der Waals surface area contributed by atoms with Crippen molar-refractivity contribution in [1.29, 1.82) is 0 Å². The van der Waals surface area contributed by atoms with E-state index in [0.717, 1.165) is 18.4 Å². The van der Waals surface area contributed by atoms with Crippen LogP contribution in [-0.2, 0) is 21.2 Å². The predicted molar refractivity (Wildman–Crippen MR) is 145 cm³/mol. The number of nitrogens with zero attached hydrogens (tertiary/aromatic N) is 1. The summed E-state index contributed by atoms with van der Waals surface area (Å²) in [5, 5.41) is 3.28. The monoisotopic (exact) mass is 504 g/mol. The lowest BCUT2D eigenvalue weighted by Gasteiger charge is -2.29. The highest BCUT2D eigenvalue weighted by molar-refractivity contribution is 7.92. The van der Waals surface area contributed by atoms with Gasteiger partial charge < -0.3 is 16.0 Å². The van der Waals surface area contributed by atoms with Gasteiger partial charge in [-0.25, -0.2) is 8.42 Å². The molecule has 0 saturated heterocycles. The summed E-state index contributed by atoms with van der Waals surface area (Å²) in [6, 6.07) is 13.3. The minimum absolute atomic E-state index is 0.0179. The summed E-state index contributed by atoms with van der Waals surface area (Å²) < 4.78 is 25.4. The molecule has 2 aromatic carbocycles. The number of carbonyl (C=O) groups is 1. The van der Waals surface area contributed by atoms with Gasteiger partial charge in [0.2, 0.25) is 15.9 Å². The average molecular weight is 505 g/mol. The normalized spacial score (nSPS) is 12.6. The Morgan fingerprint density at radius 3 is 2.21 bits per heavy atom. The quantitative estimate of drug-likeness (QED) is 0.450. The Balaban J connectivity index is 2.27. The van der Waals surface area contributed by atoms with Gasteiger partial charge in [0.05, 0.1) is 6.26 Å². The number of carbonyl (C=O) groups excluding carboxylic acids is 1. The summed E-state index contributed by atoms with van der Waals surface area (Å²) in [5.41, 5.74) is 10.4. The van der Waals surface area contributed by atoms with Gasteiger partial charge in [-0.3, -0.25) is 9.52 Å². The molecule has 0 aliphatic heterocycles. The van der Waals surface area contributed by atoms with Crippen LogP contribution in [0.15, 0.2) is 42.5 Å². The lowest BCUT2D eigenvalue weighted by atomic mass is 9.93. The van der Waals surface area contributed by atoms with Crippen LogP contribution in [0.25, 0.3) is 0 Å². The standard InChI is InChI=1S/C25H36N4O3S2/c1-17-7-8-19(13-18(17)2)14-20(15-27-23(30)25(3,4)5)16-29(24(26)33)22-11-9-21(10-12-22)28-34(6,31)32/h7-13,20,28H,14-16H2,1-6H3,(H2,26,33)(H,27,30). The van der Waals surface area contributed by atoms with Gasteiger partial charge in [-0.2, -0.15) is 0 Å². The van der Waals surface area contributed by atoms with Crippen LogP contribution in [0.1, 0.15) is 37.5 Å². The summed E-state index contributed by atoms with van der Waals surface area (Å²) in [7, 11) is -3.37. The minimum Gasteiger partial charge on any atom is -0.376 e. The number of nitrogens with two attached hydrogens (primary N) is 1. The molecule has 0 aliphatic rings. The maximum Gasteiger partial charge on any atom is 0.229 e. The number of sulfonamides is 1. The van der Waals surface area contributed by atoms with Crippen molar-refractivity contribution in [3.63, 3.8) is 0 Å². The molecule has 1 unspecified atom stereocenters. The number of anilines is 2. The van der Waals surface area contributed by atoms with E-state index >= 15 is 0 Å². The van der Waals surface area contributed by atoms with Crippen LogP contribution in [0.2, 0.25) is 0 Å². The second kappa shape index (κ2) is 11.2. The third-order valence-corrected chi connectivity index (χ3v) is 6.34. The smallest absolute Gasteiger partial charge is 0.229 e. The third kappa shape index (κ3) is 8.61. The molecule has 4 N–H and O–H groups in total. The van der Waals surface area contributed by atoms with Crippen LogP contribution >= 0.6 is 12.2 Å². The van der Waals surface area contributed by atoms with E-state index in [9.17, 15) is 13.2 Å². The highest BCUT2D eigenvalue weighted by Gasteiger charge is 2.24. The number of hydrogen-bond donors (Lipinski definition) is 3. The van der Waals surface area contributed by atoms with E-state index in [1.54, 1.807) is 24.3 Å². The fraction of sp³-hybridized carbons (Fsp3) is 0.440. The molecule has 1 amide bonds. The number of benzene rings is 2. The first-order valence-corrected chi connectivity index (χ1v) is 13.4. The van der Waals surface area contributed by atoms with Crippen molar-refractivity contribution in [3.05, 3.63) is 59.2 Å². The predicted octanol–water partition coefficient (Wildman–Crippen LogP) is 3.75. The van der Waals surface area contributed by atoms with Gasteiger partial charge in [0.1, 0.15) is 0 Å². The first-order chi connectivity index (χ1) is 15.7. The summed E-state index contributed by atoms with van der Waals surface area (Å²) in [6.45, 7) is 10.8. The van der Waals surface area contributed by atoms with E-state index in [1.807, 2.05) is 25.7 Å². The van der Waals surface area contributed by atoms with Gasteiger partial charge in [-0.05, 0) is 79.4 Å². The Hall–Kier alpha value is -2.65. The van der Waals surface area contributed by atoms with Crippen LogP contribution in [0.3, 0.4) is 0 Å². The molecule has 34 heavy (non-hydrogen) atoms. The van der Waals surface area contributed by atoms with Gasteiger partial charge >= 0.3 is 0 Å². The van der Waals surface area contributed by atoms with E-state index in [-0.39, 0.29) is 16.9 Å². The van der Waals surface area contributed by atoms with Crippen LogP contribution in [0, 0.1) is 25.2 Å². The Morgan fingerprint density at radius 1 is 1.09 bits per heavy atom. The van der Waals surface area contributed by atoms with Crippen LogP contribution in [0.5, 0.6) is 0 Å². The zero-order valence-electron chi connectivity index (χ0n) is 20.8. The molecule has 0 fully saturated rings. The van der Waals surface area contributed by atoms with E-state index in [2.05, 4.69) is 42.1 Å². The number of rotatable bonds is 9. The van der Waals surface area contributed by atoms with Gasteiger partial charge in [-0.15, -0.1) is 0 Å². The molecule has 7 nitrogen and oxygen atoms in total. The number of amides is 1. The maximum absolute atomic E-state index is 12.5. The van der Waals surface area contributed by atoms with E-state index < -0.39 is 15.4 Å². The van der Waals surface area contributed by atoms with Crippen molar-refractivity contribution in [2.24, 2.45) is 17.1 Å². The molecule has 2 rings (SSSR count). The first kappa shape index (κ1) is 27.6. The Bertz CT molecular complexity index is 1120. The Morgan fingerprint density at radius 2 is 1.71 bits per heavy atom. The summed E-state index contributed by atoms with van der Waals surface area (Å²) >= 11 is 5.34. The molecule has 0 bridgehead atoms. The number of hydrogen-bond acceptors (Lipinski definition) is 4. The molecular formula is C25H36N4O3S2. The zero-order valence-corrected chi connectivity index (χ0v) is 22.4. The molecule has 0 radical (unpaired) electrons. The molecule has 0 aliphatic carbocycles. The molecule has 1 atom stereocenters. The second-order valence-electron chi connectivity index (χ2n) is 9.82. The molecule has 0 spiro atoms. The average Bonchev–Trinajstić information content (AvgIpc) is 2.71. The molecule has 0 saturated carbocycles. The van der Waals surface area contributed by atoms with Crippen molar-refractivity contribution in [2.75, 3.05) is 29.0 Å². The largest absolute Gasteiger partial charge is 0.376 e. The molecule has 0 aromatic heterocycles. The number of nitrogens with one attached hydrogen (secondary N) is 2. The van der Waals surface area contributed by atoms with Gasteiger partial charge in [0.25, 0.3) is 0 Å². The minimum atomic E-state index is -3.37. The van der Waals surface area contributed by atoms with Crippen molar-refractivity contribution in [3.8, 4) is 0 Å². The van der Waals surface area contributed by atoms with Crippen LogP contribution < -0.4 is 20.7 Å². The summed E-state index contributed by atoms with van der Waals surface area (Å²) in [5.74, 6) is 0.0133. The number of thiocarbonyl (C=S) groups is 1. The highest BCUT2D eigenvalue weighted by atomic mass is 32.2. The van der Waals surface area contributed by atoms with Crippen molar-refractivity contribution in [1.82, 2.24) is 5.32 Å². The molecule has 186 valence electrons.